The van der Waals surface area contributed by atoms with E-state index < -0.39 is 11.1 Å². The molecule has 5 nitrogen and oxygen atoms in total. The lowest BCUT2D eigenvalue weighted by Gasteiger charge is -2.45. The average Bonchev–Trinajstić information content (AvgIpc) is 2.70. The molecule has 1 saturated heterocycles. The van der Waals surface area contributed by atoms with Gasteiger partial charge in [-0.1, -0.05) is 12.6 Å². The molecule has 0 atom stereocenters. The summed E-state index contributed by atoms with van der Waals surface area (Å²) in [4.78, 5) is 18.8. The second-order valence-corrected chi connectivity index (χ2v) is 6.53. The third-order valence-corrected chi connectivity index (χ3v) is 3.83. The predicted octanol–water partition coefficient (Wildman–Crippen LogP) is 2.70. The first-order valence-corrected chi connectivity index (χ1v) is 7.07. The number of carbonyl (C=O) groups excluding carboxylic acids is 1. The van der Waals surface area contributed by atoms with Gasteiger partial charge in [0.25, 0.3) is 0 Å². The van der Waals surface area contributed by atoms with Crippen LogP contribution in [0.4, 0.5) is 4.79 Å². The van der Waals surface area contributed by atoms with Crippen LogP contribution in [-0.2, 0) is 21.6 Å². The number of aromatic nitrogens is 1. The summed E-state index contributed by atoms with van der Waals surface area (Å²) in [7, 11) is 0. The summed E-state index contributed by atoms with van der Waals surface area (Å²) in [6.07, 6.45) is 1.39. The van der Waals surface area contributed by atoms with Gasteiger partial charge in [-0.2, -0.15) is 0 Å². The van der Waals surface area contributed by atoms with Crippen LogP contribution in [0.1, 0.15) is 37.7 Å². The standard InChI is InChI=1S/C16H20N2O3/c1-5-11-6-7-12-13(17-11)8-18(16(12)9-20-10-16)14(19)21-15(2,3)4/h5-7H,1,8-10H2,2-4H3. The first kappa shape index (κ1) is 14.1. The van der Waals surface area contributed by atoms with E-state index in [0.29, 0.717) is 19.8 Å². The Morgan fingerprint density at radius 2 is 2.19 bits per heavy atom. The highest BCUT2D eigenvalue weighted by molar-refractivity contribution is 5.71. The van der Waals surface area contributed by atoms with E-state index in [1.807, 2.05) is 32.9 Å². The molecule has 5 heteroatoms. The van der Waals surface area contributed by atoms with Gasteiger partial charge in [0.05, 0.1) is 31.1 Å². The number of hydrogen-bond donors (Lipinski definition) is 0. The van der Waals surface area contributed by atoms with E-state index in [1.165, 1.54) is 0 Å². The molecule has 3 heterocycles. The van der Waals surface area contributed by atoms with Crippen molar-refractivity contribution in [2.45, 2.75) is 38.5 Å². The molecule has 2 aliphatic heterocycles. The normalized spacial score (nSPS) is 19.1. The predicted molar refractivity (Wildman–Crippen MR) is 78.6 cm³/mol. The van der Waals surface area contributed by atoms with Crippen molar-refractivity contribution in [2.75, 3.05) is 13.2 Å². The van der Waals surface area contributed by atoms with Crippen molar-refractivity contribution in [3.8, 4) is 0 Å². The molecule has 3 rings (SSSR count). The lowest BCUT2D eigenvalue weighted by Crippen LogP contribution is -2.58. The summed E-state index contributed by atoms with van der Waals surface area (Å²) in [6, 6.07) is 3.94. The van der Waals surface area contributed by atoms with Gasteiger partial charge < -0.3 is 9.47 Å². The summed E-state index contributed by atoms with van der Waals surface area (Å²) in [5.74, 6) is 0. The maximum absolute atomic E-state index is 12.5. The van der Waals surface area contributed by atoms with Gasteiger partial charge in [-0.15, -0.1) is 0 Å². The number of pyridine rings is 1. The van der Waals surface area contributed by atoms with E-state index >= 15 is 0 Å². The van der Waals surface area contributed by atoms with E-state index in [0.717, 1.165) is 17.0 Å². The Morgan fingerprint density at radius 1 is 1.48 bits per heavy atom. The summed E-state index contributed by atoms with van der Waals surface area (Å²) in [6.45, 7) is 10.8. The molecule has 2 aliphatic rings. The van der Waals surface area contributed by atoms with Gasteiger partial charge >= 0.3 is 6.09 Å². The first-order chi connectivity index (χ1) is 9.86. The van der Waals surface area contributed by atoms with Gasteiger partial charge in [-0.05, 0) is 32.9 Å². The maximum Gasteiger partial charge on any atom is 0.411 e. The van der Waals surface area contributed by atoms with Crippen molar-refractivity contribution in [3.63, 3.8) is 0 Å². The van der Waals surface area contributed by atoms with Gasteiger partial charge in [0, 0.05) is 5.56 Å². The summed E-state index contributed by atoms with van der Waals surface area (Å²) in [5, 5.41) is 0. The highest BCUT2D eigenvalue weighted by Crippen LogP contribution is 2.44. The molecule has 21 heavy (non-hydrogen) atoms. The third kappa shape index (κ3) is 2.21. The average molecular weight is 288 g/mol. The number of rotatable bonds is 1. The van der Waals surface area contributed by atoms with Crippen LogP contribution in [0.3, 0.4) is 0 Å². The Bertz CT molecular complexity index is 600. The van der Waals surface area contributed by atoms with Gasteiger partial charge in [-0.25, -0.2) is 4.79 Å². The van der Waals surface area contributed by atoms with Crippen LogP contribution in [0.2, 0.25) is 0 Å². The van der Waals surface area contributed by atoms with Gasteiger partial charge in [0.15, 0.2) is 0 Å². The molecule has 0 radical (unpaired) electrons. The minimum atomic E-state index is -0.517. The Kier molecular flexibility index (Phi) is 3.06. The van der Waals surface area contributed by atoms with E-state index in [4.69, 9.17) is 9.47 Å². The maximum atomic E-state index is 12.5. The van der Waals surface area contributed by atoms with E-state index in [2.05, 4.69) is 11.6 Å². The molecule has 0 N–H and O–H groups in total. The fourth-order valence-corrected chi connectivity index (χ4v) is 2.79. The Morgan fingerprint density at radius 3 is 2.71 bits per heavy atom. The summed E-state index contributed by atoms with van der Waals surface area (Å²) < 4.78 is 10.9. The molecule has 0 saturated carbocycles. The number of nitrogens with zero attached hydrogens (tertiary/aromatic N) is 2. The molecule has 0 unspecified atom stereocenters. The topological polar surface area (TPSA) is 51.7 Å². The zero-order chi connectivity index (χ0) is 15.3. The van der Waals surface area contributed by atoms with E-state index in [9.17, 15) is 4.79 Å². The molecule has 0 aromatic carbocycles. The van der Waals surface area contributed by atoms with Gasteiger partial charge in [-0.3, -0.25) is 9.88 Å². The number of fused-ring (bicyclic) bond motifs is 2. The molecule has 1 spiro atoms. The van der Waals surface area contributed by atoms with Crippen molar-refractivity contribution in [3.05, 3.63) is 35.7 Å². The lowest BCUT2D eigenvalue weighted by molar-refractivity contribution is -0.135. The number of hydrogen-bond acceptors (Lipinski definition) is 4. The van der Waals surface area contributed by atoms with Crippen LogP contribution in [0.25, 0.3) is 6.08 Å². The highest BCUT2D eigenvalue weighted by atomic mass is 16.6. The fraction of sp³-hybridized carbons (Fsp3) is 0.500. The SMILES string of the molecule is C=Cc1ccc2c(n1)CN(C(=O)OC(C)(C)C)C21COC1. The molecule has 1 amide bonds. The Balaban J connectivity index is 1.94. The monoisotopic (exact) mass is 288 g/mol. The lowest BCUT2D eigenvalue weighted by atomic mass is 9.89. The molecule has 0 bridgehead atoms. The van der Waals surface area contributed by atoms with Crippen molar-refractivity contribution in [2.24, 2.45) is 0 Å². The van der Waals surface area contributed by atoms with Gasteiger partial charge in [0.1, 0.15) is 11.1 Å². The minimum Gasteiger partial charge on any atom is -0.444 e. The third-order valence-electron chi connectivity index (χ3n) is 3.83. The molecular weight excluding hydrogens is 268 g/mol. The second kappa shape index (κ2) is 4.56. The van der Waals surface area contributed by atoms with Crippen LogP contribution in [0.15, 0.2) is 18.7 Å². The molecule has 1 aromatic rings. The molecule has 1 fully saturated rings. The van der Waals surface area contributed by atoms with Crippen molar-refractivity contribution in [1.82, 2.24) is 9.88 Å². The molecule has 0 aliphatic carbocycles. The van der Waals surface area contributed by atoms with Gasteiger partial charge in [0.2, 0.25) is 0 Å². The van der Waals surface area contributed by atoms with Crippen LogP contribution in [0, 0.1) is 0 Å². The van der Waals surface area contributed by atoms with Crippen molar-refractivity contribution >= 4 is 12.2 Å². The van der Waals surface area contributed by atoms with E-state index in [-0.39, 0.29) is 6.09 Å². The quantitative estimate of drug-likeness (QED) is 0.797. The minimum absolute atomic E-state index is 0.316. The van der Waals surface area contributed by atoms with Crippen LogP contribution >= 0.6 is 0 Å². The second-order valence-electron chi connectivity index (χ2n) is 6.53. The van der Waals surface area contributed by atoms with Crippen LogP contribution < -0.4 is 0 Å². The van der Waals surface area contributed by atoms with Crippen molar-refractivity contribution < 1.29 is 14.3 Å². The highest BCUT2D eigenvalue weighted by Gasteiger charge is 2.54. The van der Waals surface area contributed by atoms with E-state index in [1.54, 1.807) is 11.0 Å². The molecular formula is C16H20N2O3. The first-order valence-electron chi connectivity index (χ1n) is 7.07. The summed E-state index contributed by atoms with van der Waals surface area (Å²) >= 11 is 0. The van der Waals surface area contributed by atoms with Crippen LogP contribution in [-0.4, -0.2) is 34.8 Å². The summed E-state index contributed by atoms with van der Waals surface area (Å²) in [5.41, 5.74) is 1.85. The Labute approximate surface area is 124 Å². The Hall–Kier alpha value is -1.88. The molecule has 112 valence electrons. The molecule has 1 aromatic heterocycles. The van der Waals surface area contributed by atoms with Crippen LogP contribution in [0.5, 0.6) is 0 Å². The zero-order valence-corrected chi connectivity index (χ0v) is 12.7. The zero-order valence-electron chi connectivity index (χ0n) is 12.7. The van der Waals surface area contributed by atoms with Crippen molar-refractivity contribution in [1.29, 1.82) is 0 Å². The number of ether oxygens (including phenoxy) is 2. The smallest absolute Gasteiger partial charge is 0.411 e. The number of carbonyl (C=O) groups is 1. The fourth-order valence-electron chi connectivity index (χ4n) is 2.79. The largest absolute Gasteiger partial charge is 0.444 e. The number of amides is 1.